The summed E-state index contributed by atoms with van der Waals surface area (Å²) in [6.07, 6.45) is 2.95. The van der Waals surface area contributed by atoms with Crippen LogP contribution in [0.2, 0.25) is 5.15 Å². The van der Waals surface area contributed by atoms with Crippen LogP contribution in [0.25, 0.3) is 4.91 Å². The molecule has 0 saturated heterocycles. The lowest BCUT2D eigenvalue weighted by atomic mass is 10.1. The normalized spacial score (nSPS) is 12.0. The summed E-state index contributed by atoms with van der Waals surface area (Å²) in [5, 5.41) is 3.40. The zero-order valence-corrected chi connectivity index (χ0v) is 16.6. The summed E-state index contributed by atoms with van der Waals surface area (Å²) in [6.45, 7) is 4.04. The largest absolute Gasteiger partial charge is 0.360 e. The fourth-order valence-corrected chi connectivity index (χ4v) is 4.07. The van der Waals surface area contributed by atoms with E-state index in [9.17, 15) is 8.42 Å². The monoisotopic (exact) mass is 398 g/mol. The molecule has 0 amide bonds. The van der Waals surface area contributed by atoms with Gasteiger partial charge in [-0.3, -0.25) is 0 Å². The number of benzene rings is 2. The van der Waals surface area contributed by atoms with Gasteiger partial charge in [-0.2, -0.15) is 0 Å². The number of nitrogens with one attached hydrogen (secondary N) is 1. The van der Waals surface area contributed by atoms with Gasteiger partial charge in [-0.1, -0.05) is 35.9 Å². The summed E-state index contributed by atoms with van der Waals surface area (Å²) in [7, 11) is -3.74. The summed E-state index contributed by atoms with van der Waals surface area (Å²) in [6, 6.07) is 17.4. The SMILES string of the molecule is Cc1ccc(N/C=C(\c2ccc(Cl)nc2)S(=O)(=O)c2ccccc2)cc1C. The van der Waals surface area contributed by atoms with Gasteiger partial charge in [0.1, 0.15) is 5.15 Å². The molecule has 0 aliphatic carbocycles. The average Bonchev–Trinajstić information content (AvgIpc) is 2.67. The highest BCUT2D eigenvalue weighted by Crippen LogP contribution is 2.28. The second kappa shape index (κ2) is 7.94. The molecule has 6 heteroatoms. The molecule has 27 heavy (non-hydrogen) atoms. The molecule has 3 rings (SSSR count). The van der Waals surface area contributed by atoms with E-state index in [0.717, 1.165) is 11.3 Å². The third kappa shape index (κ3) is 4.38. The Hall–Kier alpha value is -2.63. The summed E-state index contributed by atoms with van der Waals surface area (Å²) in [5.74, 6) is 0. The number of aromatic nitrogens is 1. The second-order valence-electron chi connectivity index (χ2n) is 6.14. The van der Waals surface area contributed by atoms with Crippen LogP contribution in [0.15, 0.2) is 78.0 Å². The van der Waals surface area contributed by atoms with Crippen molar-refractivity contribution in [2.75, 3.05) is 5.32 Å². The summed E-state index contributed by atoms with van der Waals surface area (Å²) in [4.78, 5) is 4.36. The Morgan fingerprint density at radius 2 is 1.74 bits per heavy atom. The first-order valence-electron chi connectivity index (χ1n) is 8.34. The molecule has 0 aliphatic rings. The van der Waals surface area contributed by atoms with E-state index in [0.29, 0.717) is 10.7 Å². The van der Waals surface area contributed by atoms with Gasteiger partial charge in [0, 0.05) is 23.6 Å². The van der Waals surface area contributed by atoms with Crippen LogP contribution in [-0.2, 0) is 9.84 Å². The standard InChI is InChI=1S/C21H19ClN2O2S/c1-15-8-10-18(12-16(15)2)23-14-20(17-9-11-21(22)24-13-17)27(25,26)19-6-4-3-5-7-19/h3-14,23H,1-2H3/b20-14+. The van der Waals surface area contributed by atoms with Crippen LogP contribution in [0.5, 0.6) is 0 Å². The quantitative estimate of drug-likeness (QED) is 0.597. The fraction of sp³-hybridized carbons (Fsp3) is 0.0952. The molecular weight excluding hydrogens is 380 g/mol. The summed E-state index contributed by atoms with van der Waals surface area (Å²) in [5.41, 5.74) is 3.55. The maximum absolute atomic E-state index is 13.2. The Bertz CT molecular complexity index is 1080. The number of pyridine rings is 1. The molecular formula is C21H19ClN2O2S. The first-order chi connectivity index (χ1) is 12.9. The number of halogens is 1. The fourth-order valence-electron chi connectivity index (χ4n) is 2.54. The van der Waals surface area contributed by atoms with Crippen molar-refractivity contribution in [1.82, 2.24) is 4.98 Å². The highest BCUT2D eigenvalue weighted by atomic mass is 35.5. The molecule has 0 atom stereocenters. The molecule has 1 N–H and O–H groups in total. The number of aryl methyl sites for hydroxylation is 2. The number of nitrogens with zero attached hydrogens (tertiary/aromatic N) is 1. The maximum atomic E-state index is 13.2. The first kappa shape index (κ1) is 19.1. The third-order valence-corrected chi connectivity index (χ3v) is 6.28. The highest BCUT2D eigenvalue weighted by Gasteiger charge is 2.22. The van der Waals surface area contributed by atoms with Gasteiger partial charge < -0.3 is 5.32 Å². The van der Waals surface area contributed by atoms with E-state index in [1.165, 1.54) is 18.0 Å². The molecule has 0 aliphatic heterocycles. The lowest BCUT2D eigenvalue weighted by Crippen LogP contribution is -2.07. The molecule has 0 bridgehead atoms. The Labute approximate surface area is 164 Å². The average molecular weight is 399 g/mol. The van der Waals surface area contributed by atoms with Gasteiger partial charge in [-0.05, 0) is 61.4 Å². The molecule has 1 aromatic heterocycles. The van der Waals surface area contributed by atoms with Crippen LogP contribution in [0, 0.1) is 13.8 Å². The second-order valence-corrected chi connectivity index (χ2v) is 8.44. The first-order valence-corrected chi connectivity index (χ1v) is 10.2. The van der Waals surface area contributed by atoms with Gasteiger partial charge in [0.25, 0.3) is 0 Å². The van der Waals surface area contributed by atoms with Gasteiger partial charge in [-0.25, -0.2) is 13.4 Å². The van der Waals surface area contributed by atoms with E-state index in [4.69, 9.17) is 11.6 Å². The smallest absolute Gasteiger partial charge is 0.208 e. The number of anilines is 1. The molecule has 4 nitrogen and oxygen atoms in total. The van der Waals surface area contributed by atoms with Crippen LogP contribution >= 0.6 is 11.6 Å². The topological polar surface area (TPSA) is 59.1 Å². The van der Waals surface area contributed by atoms with Gasteiger partial charge in [-0.15, -0.1) is 0 Å². The molecule has 0 unspecified atom stereocenters. The van der Waals surface area contributed by atoms with Crippen molar-refractivity contribution >= 4 is 32.0 Å². The molecule has 0 saturated carbocycles. The highest BCUT2D eigenvalue weighted by molar-refractivity contribution is 8.00. The Kier molecular flexibility index (Phi) is 5.63. The molecule has 0 spiro atoms. The van der Waals surface area contributed by atoms with Crippen LogP contribution in [0.1, 0.15) is 16.7 Å². The van der Waals surface area contributed by atoms with Crippen molar-refractivity contribution in [1.29, 1.82) is 0 Å². The number of hydrogen-bond acceptors (Lipinski definition) is 4. The minimum absolute atomic E-state index is 0.121. The van der Waals surface area contributed by atoms with Crippen molar-refractivity contribution in [3.8, 4) is 0 Å². The number of hydrogen-bond donors (Lipinski definition) is 1. The van der Waals surface area contributed by atoms with Crippen LogP contribution in [0.4, 0.5) is 5.69 Å². The molecule has 2 aromatic carbocycles. The summed E-state index contributed by atoms with van der Waals surface area (Å²) >= 11 is 5.86. The molecule has 0 fully saturated rings. The lowest BCUT2D eigenvalue weighted by molar-refractivity contribution is 0.606. The van der Waals surface area contributed by atoms with Crippen LogP contribution in [-0.4, -0.2) is 13.4 Å². The third-order valence-electron chi connectivity index (χ3n) is 4.23. The van der Waals surface area contributed by atoms with E-state index in [1.54, 1.807) is 42.5 Å². The van der Waals surface area contributed by atoms with Crippen molar-refractivity contribution in [3.63, 3.8) is 0 Å². The predicted molar refractivity (Wildman–Crippen MR) is 110 cm³/mol. The number of rotatable bonds is 5. The minimum Gasteiger partial charge on any atom is -0.360 e. The van der Waals surface area contributed by atoms with Gasteiger partial charge in [0.15, 0.2) is 0 Å². The van der Waals surface area contributed by atoms with Crippen molar-refractivity contribution in [2.45, 2.75) is 18.7 Å². The van der Waals surface area contributed by atoms with Crippen molar-refractivity contribution in [2.24, 2.45) is 0 Å². The zero-order chi connectivity index (χ0) is 19.4. The van der Waals surface area contributed by atoms with E-state index in [1.807, 2.05) is 32.0 Å². The van der Waals surface area contributed by atoms with E-state index < -0.39 is 9.84 Å². The van der Waals surface area contributed by atoms with Crippen molar-refractivity contribution in [3.05, 3.63) is 94.9 Å². The predicted octanol–water partition coefficient (Wildman–Crippen LogP) is 5.24. The zero-order valence-electron chi connectivity index (χ0n) is 15.0. The minimum atomic E-state index is -3.74. The maximum Gasteiger partial charge on any atom is 0.208 e. The van der Waals surface area contributed by atoms with Gasteiger partial charge in [0.05, 0.1) is 9.80 Å². The lowest BCUT2D eigenvalue weighted by Gasteiger charge is -2.11. The van der Waals surface area contributed by atoms with E-state index >= 15 is 0 Å². The van der Waals surface area contributed by atoms with Gasteiger partial charge in [0.2, 0.25) is 9.84 Å². The molecule has 1 heterocycles. The van der Waals surface area contributed by atoms with E-state index in [2.05, 4.69) is 10.3 Å². The Balaban J connectivity index is 2.07. The Morgan fingerprint density at radius 3 is 2.37 bits per heavy atom. The Morgan fingerprint density at radius 1 is 1.00 bits per heavy atom. The molecule has 3 aromatic rings. The van der Waals surface area contributed by atoms with Gasteiger partial charge >= 0.3 is 0 Å². The molecule has 138 valence electrons. The van der Waals surface area contributed by atoms with Crippen LogP contribution < -0.4 is 5.32 Å². The van der Waals surface area contributed by atoms with Crippen LogP contribution in [0.3, 0.4) is 0 Å². The molecule has 0 radical (unpaired) electrons. The van der Waals surface area contributed by atoms with Crippen molar-refractivity contribution < 1.29 is 8.42 Å². The summed E-state index contributed by atoms with van der Waals surface area (Å²) < 4.78 is 26.4. The number of sulfone groups is 1. The van der Waals surface area contributed by atoms with E-state index in [-0.39, 0.29) is 9.80 Å².